The predicted molar refractivity (Wildman–Crippen MR) is 100 cm³/mol. The number of amides is 1. The highest BCUT2D eigenvalue weighted by Gasteiger charge is 2.12. The second-order valence-corrected chi connectivity index (χ2v) is 6.30. The molecule has 27 heavy (non-hydrogen) atoms. The first-order valence-electron chi connectivity index (χ1n) is 8.78. The topological polar surface area (TPSA) is 85.8 Å². The van der Waals surface area contributed by atoms with E-state index in [1.165, 1.54) is 6.33 Å². The highest BCUT2D eigenvalue weighted by atomic mass is 16.3. The fourth-order valence-corrected chi connectivity index (χ4v) is 2.90. The SMILES string of the molecule is CC(NC(=O)CCc1nc2ccccc2o1)c1ccc(-n2cncn2)cc1. The molecule has 2 aromatic heterocycles. The maximum atomic E-state index is 12.3. The van der Waals surface area contributed by atoms with Gasteiger partial charge in [0.2, 0.25) is 5.91 Å². The largest absolute Gasteiger partial charge is 0.441 e. The van der Waals surface area contributed by atoms with Gasteiger partial charge in [0.1, 0.15) is 18.2 Å². The molecular weight excluding hydrogens is 342 g/mol. The number of rotatable bonds is 6. The highest BCUT2D eigenvalue weighted by Crippen LogP contribution is 2.17. The summed E-state index contributed by atoms with van der Waals surface area (Å²) < 4.78 is 7.34. The molecule has 1 unspecified atom stereocenters. The van der Waals surface area contributed by atoms with Crippen LogP contribution in [0.4, 0.5) is 0 Å². The van der Waals surface area contributed by atoms with Gasteiger partial charge in [0.25, 0.3) is 0 Å². The molecule has 4 rings (SSSR count). The first-order chi connectivity index (χ1) is 13.2. The molecule has 2 aromatic carbocycles. The van der Waals surface area contributed by atoms with Crippen LogP contribution in [-0.4, -0.2) is 25.7 Å². The van der Waals surface area contributed by atoms with Crippen molar-refractivity contribution in [2.75, 3.05) is 0 Å². The Bertz CT molecular complexity index is 1000. The van der Waals surface area contributed by atoms with E-state index in [-0.39, 0.29) is 11.9 Å². The molecular formula is C20H19N5O2. The zero-order valence-corrected chi connectivity index (χ0v) is 14.9. The van der Waals surface area contributed by atoms with E-state index in [4.69, 9.17) is 4.42 Å². The number of carbonyl (C=O) groups is 1. The summed E-state index contributed by atoms with van der Waals surface area (Å²) in [5.74, 6) is 0.543. The summed E-state index contributed by atoms with van der Waals surface area (Å²) in [4.78, 5) is 20.6. The third-order valence-electron chi connectivity index (χ3n) is 4.36. The number of nitrogens with zero attached hydrogens (tertiary/aromatic N) is 4. The summed E-state index contributed by atoms with van der Waals surface area (Å²) in [6, 6.07) is 15.3. The van der Waals surface area contributed by atoms with Gasteiger partial charge in [-0.15, -0.1) is 0 Å². The van der Waals surface area contributed by atoms with Crippen LogP contribution < -0.4 is 5.32 Å². The average molecular weight is 361 g/mol. The van der Waals surface area contributed by atoms with E-state index in [2.05, 4.69) is 20.4 Å². The molecule has 7 heteroatoms. The number of hydrogen-bond acceptors (Lipinski definition) is 5. The fourth-order valence-electron chi connectivity index (χ4n) is 2.90. The Labute approximate surface area is 156 Å². The molecule has 0 fully saturated rings. The predicted octanol–water partition coefficient (Wildman–Crippen LogP) is 3.22. The molecule has 0 aliphatic heterocycles. The standard InChI is InChI=1S/C20H19N5O2/c1-14(15-6-8-16(9-7-15)25-13-21-12-22-25)23-19(26)10-11-20-24-17-4-2-3-5-18(17)27-20/h2-9,12-14H,10-11H2,1H3,(H,23,26). The Balaban J connectivity index is 1.33. The number of aryl methyl sites for hydroxylation is 1. The van der Waals surface area contributed by atoms with Crippen LogP contribution in [0.2, 0.25) is 0 Å². The van der Waals surface area contributed by atoms with Crippen LogP contribution in [0.5, 0.6) is 0 Å². The minimum Gasteiger partial charge on any atom is -0.441 e. The highest BCUT2D eigenvalue weighted by molar-refractivity contribution is 5.77. The van der Waals surface area contributed by atoms with Crippen molar-refractivity contribution in [1.29, 1.82) is 0 Å². The van der Waals surface area contributed by atoms with E-state index in [0.29, 0.717) is 18.7 Å². The van der Waals surface area contributed by atoms with Gasteiger partial charge in [-0.2, -0.15) is 5.10 Å². The van der Waals surface area contributed by atoms with Crippen LogP contribution >= 0.6 is 0 Å². The lowest BCUT2D eigenvalue weighted by Gasteiger charge is -2.14. The van der Waals surface area contributed by atoms with Gasteiger partial charge >= 0.3 is 0 Å². The Kier molecular flexibility index (Phi) is 4.65. The quantitative estimate of drug-likeness (QED) is 0.570. The fraction of sp³-hybridized carbons (Fsp3) is 0.200. The maximum absolute atomic E-state index is 12.3. The van der Waals surface area contributed by atoms with Gasteiger partial charge < -0.3 is 9.73 Å². The van der Waals surface area contributed by atoms with E-state index in [0.717, 1.165) is 22.4 Å². The molecule has 0 spiro atoms. The molecule has 0 saturated heterocycles. The molecule has 4 aromatic rings. The minimum atomic E-state index is -0.0917. The van der Waals surface area contributed by atoms with E-state index in [9.17, 15) is 4.79 Å². The summed E-state index contributed by atoms with van der Waals surface area (Å²) in [5.41, 5.74) is 3.50. The molecule has 7 nitrogen and oxygen atoms in total. The summed E-state index contributed by atoms with van der Waals surface area (Å²) in [7, 11) is 0. The Morgan fingerprint density at radius 2 is 2.00 bits per heavy atom. The lowest BCUT2D eigenvalue weighted by atomic mass is 10.1. The Morgan fingerprint density at radius 1 is 1.19 bits per heavy atom. The van der Waals surface area contributed by atoms with Crippen molar-refractivity contribution in [2.45, 2.75) is 25.8 Å². The zero-order valence-electron chi connectivity index (χ0n) is 14.9. The summed E-state index contributed by atoms with van der Waals surface area (Å²) in [6.07, 6.45) is 3.94. The maximum Gasteiger partial charge on any atom is 0.220 e. The van der Waals surface area contributed by atoms with Gasteiger partial charge in [-0.25, -0.2) is 14.6 Å². The van der Waals surface area contributed by atoms with E-state index >= 15 is 0 Å². The molecule has 1 amide bonds. The number of nitrogens with one attached hydrogen (secondary N) is 1. The monoisotopic (exact) mass is 361 g/mol. The van der Waals surface area contributed by atoms with Crippen molar-refractivity contribution in [3.8, 4) is 5.69 Å². The zero-order chi connectivity index (χ0) is 18.6. The Morgan fingerprint density at radius 3 is 2.74 bits per heavy atom. The lowest BCUT2D eigenvalue weighted by Crippen LogP contribution is -2.26. The van der Waals surface area contributed by atoms with E-state index < -0.39 is 0 Å². The van der Waals surface area contributed by atoms with Crippen LogP contribution in [0.1, 0.15) is 30.8 Å². The van der Waals surface area contributed by atoms with Crippen molar-refractivity contribution < 1.29 is 9.21 Å². The number of oxazole rings is 1. The molecule has 1 atom stereocenters. The molecule has 0 bridgehead atoms. The van der Waals surface area contributed by atoms with E-state index in [1.807, 2.05) is 55.5 Å². The van der Waals surface area contributed by atoms with Crippen LogP contribution in [0.15, 0.2) is 65.6 Å². The summed E-state index contributed by atoms with van der Waals surface area (Å²) >= 11 is 0. The first kappa shape index (κ1) is 17.0. The summed E-state index contributed by atoms with van der Waals surface area (Å²) in [5, 5.41) is 7.11. The number of fused-ring (bicyclic) bond motifs is 1. The number of aromatic nitrogens is 4. The van der Waals surface area contributed by atoms with Gasteiger partial charge in [-0.1, -0.05) is 24.3 Å². The third-order valence-corrected chi connectivity index (χ3v) is 4.36. The van der Waals surface area contributed by atoms with E-state index in [1.54, 1.807) is 11.0 Å². The molecule has 1 N–H and O–H groups in total. The lowest BCUT2D eigenvalue weighted by molar-refractivity contribution is -0.121. The van der Waals surface area contributed by atoms with Crippen molar-refractivity contribution in [3.05, 3.63) is 72.6 Å². The molecule has 2 heterocycles. The molecule has 0 radical (unpaired) electrons. The summed E-state index contributed by atoms with van der Waals surface area (Å²) in [6.45, 7) is 1.96. The van der Waals surface area contributed by atoms with Crippen LogP contribution in [0, 0.1) is 0 Å². The van der Waals surface area contributed by atoms with Crippen molar-refractivity contribution in [3.63, 3.8) is 0 Å². The van der Waals surface area contributed by atoms with Crippen LogP contribution in [0.3, 0.4) is 0 Å². The van der Waals surface area contributed by atoms with Crippen LogP contribution in [0.25, 0.3) is 16.8 Å². The smallest absolute Gasteiger partial charge is 0.220 e. The normalized spacial score (nSPS) is 12.2. The van der Waals surface area contributed by atoms with Gasteiger partial charge in [-0.05, 0) is 36.8 Å². The Hall–Kier alpha value is -3.48. The molecule has 0 saturated carbocycles. The first-order valence-corrected chi connectivity index (χ1v) is 8.78. The average Bonchev–Trinajstić information content (AvgIpc) is 3.36. The molecule has 0 aliphatic rings. The third kappa shape index (κ3) is 3.87. The van der Waals surface area contributed by atoms with Crippen LogP contribution in [-0.2, 0) is 11.2 Å². The molecule has 0 aliphatic carbocycles. The van der Waals surface area contributed by atoms with Gasteiger partial charge in [-0.3, -0.25) is 4.79 Å². The number of benzene rings is 2. The molecule has 136 valence electrons. The number of carbonyl (C=O) groups excluding carboxylic acids is 1. The number of hydrogen-bond donors (Lipinski definition) is 1. The second kappa shape index (κ2) is 7.41. The van der Waals surface area contributed by atoms with Crippen molar-refractivity contribution in [2.24, 2.45) is 0 Å². The minimum absolute atomic E-state index is 0.0369. The van der Waals surface area contributed by atoms with Gasteiger partial charge in [0, 0.05) is 12.8 Å². The second-order valence-electron chi connectivity index (χ2n) is 6.30. The van der Waals surface area contributed by atoms with Gasteiger partial charge in [0.15, 0.2) is 11.5 Å². The van der Waals surface area contributed by atoms with Gasteiger partial charge in [0.05, 0.1) is 11.7 Å². The van der Waals surface area contributed by atoms with Crippen molar-refractivity contribution in [1.82, 2.24) is 25.1 Å². The van der Waals surface area contributed by atoms with Crippen molar-refractivity contribution >= 4 is 17.0 Å². The number of para-hydroxylation sites is 2.